The fourth-order valence-corrected chi connectivity index (χ4v) is 3.93. The Kier molecular flexibility index (Phi) is 3.79. The average Bonchev–Trinajstić information content (AvgIpc) is 2.77. The largest absolute Gasteiger partial charge is 0.175 e. The summed E-state index contributed by atoms with van der Waals surface area (Å²) >= 11 is 12.6. The Labute approximate surface area is 132 Å². The van der Waals surface area contributed by atoms with Gasteiger partial charge in [-0.05, 0) is 33.9 Å². The van der Waals surface area contributed by atoms with Crippen LogP contribution in [-0.2, 0) is 0 Å². The van der Waals surface area contributed by atoms with Gasteiger partial charge in [-0.25, -0.2) is 0 Å². The molecule has 1 aliphatic rings. The van der Waals surface area contributed by atoms with Gasteiger partial charge in [0.2, 0.25) is 0 Å². The third-order valence-electron chi connectivity index (χ3n) is 3.49. The lowest BCUT2D eigenvalue weighted by Gasteiger charge is -2.10. The van der Waals surface area contributed by atoms with E-state index in [0.29, 0.717) is 0 Å². The summed E-state index contributed by atoms with van der Waals surface area (Å²) in [7, 11) is 0. The van der Waals surface area contributed by atoms with Crippen LogP contribution in [0.4, 0.5) is 0 Å². The highest BCUT2D eigenvalue weighted by Gasteiger charge is 2.26. The number of hydrogen-bond donors (Lipinski definition) is 2. The molecule has 0 spiro atoms. The van der Waals surface area contributed by atoms with Crippen LogP contribution in [0.1, 0.15) is 11.1 Å². The third-order valence-corrected chi connectivity index (χ3v) is 4.91. The molecular formula is C16H13BrS2. The zero-order valence-electron chi connectivity index (χ0n) is 10.2. The van der Waals surface area contributed by atoms with Crippen molar-refractivity contribution in [2.45, 2.75) is 0 Å². The van der Waals surface area contributed by atoms with E-state index in [1.54, 1.807) is 0 Å². The predicted molar refractivity (Wildman–Crippen MR) is 93.3 cm³/mol. The molecule has 0 unspecified atom stereocenters. The van der Waals surface area contributed by atoms with Crippen molar-refractivity contribution in [2.75, 3.05) is 11.5 Å². The summed E-state index contributed by atoms with van der Waals surface area (Å²) in [5, 5.41) is 0. The lowest BCUT2D eigenvalue weighted by molar-refractivity contribution is 1.43. The number of halogens is 1. The van der Waals surface area contributed by atoms with Crippen molar-refractivity contribution in [2.24, 2.45) is 0 Å². The smallest absolute Gasteiger partial charge is 0.0260 e. The summed E-state index contributed by atoms with van der Waals surface area (Å²) in [5.74, 6) is 1.46. The first-order chi connectivity index (χ1) is 9.27. The first-order valence-electron chi connectivity index (χ1n) is 6.10. The summed E-state index contributed by atoms with van der Waals surface area (Å²) in [4.78, 5) is 0. The highest BCUT2D eigenvalue weighted by molar-refractivity contribution is 9.10. The molecule has 2 aromatic rings. The second kappa shape index (κ2) is 5.39. The van der Waals surface area contributed by atoms with E-state index in [0.717, 1.165) is 16.0 Å². The Morgan fingerprint density at radius 2 is 1.47 bits per heavy atom. The minimum absolute atomic E-state index is 0.730. The van der Waals surface area contributed by atoms with Crippen LogP contribution >= 0.6 is 41.2 Å². The average molecular weight is 349 g/mol. The summed E-state index contributed by atoms with van der Waals surface area (Å²) in [6, 6.07) is 14.9. The fraction of sp³-hybridized carbons (Fsp3) is 0.125. The number of thiol groups is 2. The van der Waals surface area contributed by atoms with Gasteiger partial charge < -0.3 is 0 Å². The maximum absolute atomic E-state index is 4.47. The summed E-state index contributed by atoms with van der Waals surface area (Å²) < 4.78 is 1.14. The van der Waals surface area contributed by atoms with Crippen LogP contribution in [0.15, 0.2) is 52.5 Å². The van der Waals surface area contributed by atoms with E-state index >= 15 is 0 Å². The topological polar surface area (TPSA) is 0 Å². The molecule has 3 rings (SSSR count). The van der Waals surface area contributed by atoms with Gasteiger partial charge in [-0.2, -0.15) is 25.3 Å². The number of fused-ring (bicyclic) bond motifs is 3. The van der Waals surface area contributed by atoms with Crippen LogP contribution in [0, 0.1) is 0 Å². The zero-order valence-corrected chi connectivity index (χ0v) is 13.6. The lowest BCUT2D eigenvalue weighted by Crippen LogP contribution is -1.95. The van der Waals surface area contributed by atoms with Gasteiger partial charge in [-0.3, -0.25) is 0 Å². The van der Waals surface area contributed by atoms with Gasteiger partial charge in [0, 0.05) is 21.5 Å². The maximum Gasteiger partial charge on any atom is 0.0260 e. The molecule has 0 bridgehead atoms. The zero-order chi connectivity index (χ0) is 13.4. The standard InChI is InChI=1S/C16H13BrS2/c17-14-7-3-6-13-11-4-1-2-5-12(11)15(16(13)14)10(8-18)9-19/h1-7,18-19H,8-9H2. The SMILES string of the molecule is SCC(CS)=C1c2ccccc2-c2cccc(Br)c21. The van der Waals surface area contributed by atoms with Gasteiger partial charge in [0.05, 0.1) is 0 Å². The van der Waals surface area contributed by atoms with Crippen LogP contribution in [0.3, 0.4) is 0 Å². The molecule has 0 heterocycles. The normalized spacial score (nSPS) is 12.3. The van der Waals surface area contributed by atoms with E-state index in [9.17, 15) is 0 Å². The molecule has 0 amide bonds. The first kappa shape index (κ1) is 13.3. The van der Waals surface area contributed by atoms with Crippen molar-refractivity contribution in [3.63, 3.8) is 0 Å². The minimum atomic E-state index is 0.730. The van der Waals surface area contributed by atoms with Crippen LogP contribution in [0.25, 0.3) is 16.7 Å². The molecule has 0 fully saturated rings. The summed E-state index contributed by atoms with van der Waals surface area (Å²) in [5.41, 5.74) is 7.73. The predicted octanol–water partition coefficient (Wildman–Crippen LogP) is 5.09. The molecule has 0 saturated carbocycles. The molecule has 0 saturated heterocycles. The van der Waals surface area contributed by atoms with Crippen molar-refractivity contribution in [1.29, 1.82) is 0 Å². The van der Waals surface area contributed by atoms with Crippen molar-refractivity contribution < 1.29 is 0 Å². The van der Waals surface area contributed by atoms with Crippen LogP contribution in [0.2, 0.25) is 0 Å². The first-order valence-corrected chi connectivity index (χ1v) is 8.16. The molecule has 1 aliphatic carbocycles. The molecule has 0 radical (unpaired) electrons. The monoisotopic (exact) mass is 348 g/mol. The van der Waals surface area contributed by atoms with Crippen LogP contribution in [0.5, 0.6) is 0 Å². The molecule has 0 aliphatic heterocycles. The van der Waals surface area contributed by atoms with Crippen LogP contribution < -0.4 is 0 Å². The van der Waals surface area contributed by atoms with E-state index in [-0.39, 0.29) is 0 Å². The highest BCUT2D eigenvalue weighted by atomic mass is 79.9. The van der Waals surface area contributed by atoms with E-state index in [1.807, 2.05) is 0 Å². The molecule has 19 heavy (non-hydrogen) atoms. The second-order valence-electron chi connectivity index (χ2n) is 4.50. The van der Waals surface area contributed by atoms with Gasteiger partial charge in [0.15, 0.2) is 0 Å². The third kappa shape index (κ3) is 2.08. The summed E-state index contributed by atoms with van der Waals surface area (Å²) in [6.07, 6.45) is 0. The molecular weight excluding hydrogens is 336 g/mol. The molecule has 0 atom stereocenters. The molecule has 3 heteroatoms. The van der Waals surface area contributed by atoms with E-state index < -0.39 is 0 Å². The minimum Gasteiger partial charge on any atom is -0.175 e. The van der Waals surface area contributed by atoms with Gasteiger partial charge in [0.25, 0.3) is 0 Å². The Balaban J connectivity index is 2.42. The van der Waals surface area contributed by atoms with Crippen molar-refractivity contribution in [3.8, 4) is 11.1 Å². The maximum atomic E-state index is 4.47. The number of benzene rings is 2. The highest BCUT2D eigenvalue weighted by Crippen LogP contribution is 2.48. The summed E-state index contributed by atoms with van der Waals surface area (Å²) in [6.45, 7) is 0. The number of hydrogen-bond acceptors (Lipinski definition) is 2. The van der Waals surface area contributed by atoms with Gasteiger partial charge >= 0.3 is 0 Å². The number of rotatable bonds is 2. The van der Waals surface area contributed by atoms with Crippen LogP contribution in [-0.4, -0.2) is 11.5 Å². The Morgan fingerprint density at radius 1 is 0.842 bits per heavy atom. The second-order valence-corrected chi connectivity index (χ2v) is 5.99. The lowest BCUT2D eigenvalue weighted by atomic mass is 10.00. The van der Waals surface area contributed by atoms with E-state index in [1.165, 1.54) is 33.4 Å². The van der Waals surface area contributed by atoms with Crippen molar-refractivity contribution >= 4 is 46.8 Å². The van der Waals surface area contributed by atoms with Crippen molar-refractivity contribution in [3.05, 3.63) is 63.6 Å². The van der Waals surface area contributed by atoms with Gasteiger partial charge in [0.1, 0.15) is 0 Å². The fourth-order valence-electron chi connectivity index (χ4n) is 2.65. The molecule has 96 valence electrons. The molecule has 0 aromatic heterocycles. The van der Waals surface area contributed by atoms with Gasteiger partial charge in [-0.1, -0.05) is 52.3 Å². The molecule has 2 aromatic carbocycles. The van der Waals surface area contributed by atoms with E-state index in [4.69, 9.17) is 0 Å². The Bertz CT molecular complexity index is 668. The Hall–Kier alpha value is -0.640. The Morgan fingerprint density at radius 3 is 2.16 bits per heavy atom. The van der Waals surface area contributed by atoms with E-state index in [2.05, 4.69) is 83.7 Å². The van der Waals surface area contributed by atoms with Crippen molar-refractivity contribution in [1.82, 2.24) is 0 Å². The molecule has 0 N–H and O–H groups in total. The quantitative estimate of drug-likeness (QED) is 0.592. The molecule has 0 nitrogen and oxygen atoms in total. The van der Waals surface area contributed by atoms with Gasteiger partial charge in [-0.15, -0.1) is 0 Å².